The first kappa shape index (κ1) is 28.8. The number of hydrogen-bond acceptors (Lipinski definition) is 10. The third-order valence-corrected chi connectivity index (χ3v) is 8.13. The first-order chi connectivity index (χ1) is 20.1. The normalized spacial score (nSPS) is 16.3. The topological polar surface area (TPSA) is 133 Å². The number of methoxy groups -OCH3 is 1. The number of thiazole rings is 1. The van der Waals surface area contributed by atoms with Gasteiger partial charge in [-0.15, -0.1) is 0 Å². The average molecular weight is 591 g/mol. The summed E-state index contributed by atoms with van der Waals surface area (Å²) in [4.78, 5) is 50.3. The Balaban J connectivity index is 1.77. The summed E-state index contributed by atoms with van der Waals surface area (Å²) in [6.45, 7) is 9.71. The van der Waals surface area contributed by atoms with E-state index in [9.17, 15) is 19.5 Å². The molecule has 218 valence electrons. The minimum Gasteiger partial charge on any atom is -0.505 e. The third-order valence-electron chi connectivity index (χ3n) is 7.00. The Morgan fingerprint density at radius 1 is 1.05 bits per heavy atom. The lowest BCUT2D eigenvalue weighted by molar-refractivity contribution is -0.132. The standard InChI is InChI=1S/C30H30N4O7S/c1-7-40-19-12-11-18(14-20(19)41-8-2)23-21(24(35)22-17(5)33-13-9-10-15(3)27(33)32-22)25(36)28(37)34(23)30-31-16(4)26(42-30)29(38)39-6/h9-14,23,35H,7-8H2,1-6H3/b24-21+. The van der Waals surface area contributed by atoms with Crippen molar-refractivity contribution in [2.24, 2.45) is 0 Å². The summed E-state index contributed by atoms with van der Waals surface area (Å²) in [6.07, 6.45) is 1.81. The van der Waals surface area contributed by atoms with Crippen molar-refractivity contribution >= 4 is 45.5 Å². The highest BCUT2D eigenvalue weighted by Crippen LogP contribution is 2.46. The van der Waals surface area contributed by atoms with E-state index in [2.05, 4.69) is 9.97 Å². The number of imidazole rings is 1. The first-order valence-electron chi connectivity index (χ1n) is 13.3. The van der Waals surface area contributed by atoms with E-state index < -0.39 is 29.5 Å². The van der Waals surface area contributed by atoms with Crippen LogP contribution < -0.4 is 14.4 Å². The van der Waals surface area contributed by atoms with Crippen LogP contribution in [0.1, 0.15) is 57.8 Å². The molecule has 0 radical (unpaired) electrons. The lowest BCUT2D eigenvalue weighted by Gasteiger charge is -2.24. The van der Waals surface area contributed by atoms with Gasteiger partial charge in [0.2, 0.25) is 0 Å². The van der Waals surface area contributed by atoms with Gasteiger partial charge in [-0.2, -0.15) is 0 Å². The zero-order valence-electron chi connectivity index (χ0n) is 24.0. The van der Waals surface area contributed by atoms with Crippen LogP contribution in [0.4, 0.5) is 5.13 Å². The van der Waals surface area contributed by atoms with Gasteiger partial charge in [0, 0.05) is 6.20 Å². The molecule has 5 rings (SSSR count). The van der Waals surface area contributed by atoms with Gasteiger partial charge < -0.3 is 23.7 Å². The molecule has 1 N–H and O–H groups in total. The lowest BCUT2D eigenvalue weighted by Crippen LogP contribution is -2.29. The smallest absolute Gasteiger partial charge is 0.350 e. The largest absolute Gasteiger partial charge is 0.505 e. The number of aliphatic hydroxyl groups is 1. The number of ketones is 1. The minimum absolute atomic E-state index is 0.105. The van der Waals surface area contributed by atoms with Gasteiger partial charge in [-0.05, 0) is 63.9 Å². The summed E-state index contributed by atoms with van der Waals surface area (Å²) in [5.74, 6) is -1.95. The maximum Gasteiger partial charge on any atom is 0.350 e. The van der Waals surface area contributed by atoms with Gasteiger partial charge in [0.05, 0.1) is 43.3 Å². The Kier molecular flexibility index (Phi) is 7.74. The second-order valence-electron chi connectivity index (χ2n) is 9.57. The molecule has 42 heavy (non-hydrogen) atoms. The number of aliphatic hydroxyl groups excluding tert-OH is 1. The van der Waals surface area contributed by atoms with Crippen molar-refractivity contribution in [3.05, 3.63) is 75.2 Å². The Bertz CT molecular complexity index is 1770. The summed E-state index contributed by atoms with van der Waals surface area (Å²) >= 11 is 0.925. The van der Waals surface area contributed by atoms with Crippen LogP contribution in [0.25, 0.3) is 11.4 Å². The molecule has 0 spiro atoms. The van der Waals surface area contributed by atoms with Crippen molar-refractivity contribution in [2.75, 3.05) is 25.2 Å². The predicted octanol–water partition coefficient (Wildman–Crippen LogP) is 4.93. The number of nitrogens with zero attached hydrogens (tertiary/aromatic N) is 4. The molecular formula is C30H30N4O7S. The number of carbonyl (C=O) groups excluding carboxylic acids is 3. The molecule has 12 heteroatoms. The maximum atomic E-state index is 13.7. The molecule has 0 bridgehead atoms. The fourth-order valence-corrected chi connectivity index (χ4v) is 6.04. The molecular weight excluding hydrogens is 560 g/mol. The monoisotopic (exact) mass is 590 g/mol. The summed E-state index contributed by atoms with van der Waals surface area (Å²) in [5.41, 5.74) is 2.90. The van der Waals surface area contributed by atoms with Gasteiger partial charge in [-0.25, -0.2) is 14.8 Å². The van der Waals surface area contributed by atoms with Crippen molar-refractivity contribution in [1.29, 1.82) is 0 Å². The van der Waals surface area contributed by atoms with Gasteiger partial charge in [0.1, 0.15) is 16.2 Å². The van der Waals surface area contributed by atoms with E-state index in [1.807, 2.05) is 43.5 Å². The highest BCUT2D eigenvalue weighted by Gasteiger charge is 2.49. The Hall–Kier alpha value is -4.71. The molecule has 0 aliphatic carbocycles. The lowest BCUT2D eigenvalue weighted by atomic mass is 9.96. The number of pyridine rings is 1. The van der Waals surface area contributed by atoms with Crippen LogP contribution in [0.3, 0.4) is 0 Å². The van der Waals surface area contributed by atoms with Crippen LogP contribution in [0, 0.1) is 20.8 Å². The number of ether oxygens (including phenoxy) is 3. The van der Waals surface area contributed by atoms with E-state index in [-0.39, 0.29) is 21.3 Å². The van der Waals surface area contributed by atoms with Gasteiger partial charge in [0.15, 0.2) is 22.4 Å². The number of amides is 1. The molecule has 1 aliphatic heterocycles. The maximum absolute atomic E-state index is 13.7. The van der Waals surface area contributed by atoms with E-state index in [0.717, 1.165) is 16.9 Å². The first-order valence-corrected chi connectivity index (χ1v) is 14.1. The summed E-state index contributed by atoms with van der Waals surface area (Å²) in [5, 5.41) is 11.8. The number of aryl methyl sites for hydroxylation is 3. The molecule has 4 heterocycles. The number of esters is 1. The second kappa shape index (κ2) is 11.3. The molecule has 3 aromatic heterocycles. The van der Waals surface area contributed by atoms with Gasteiger partial charge in [-0.1, -0.05) is 23.5 Å². The quantitative estimate of drug-likeness (QED) is 0.131. The fraction of sp³-hybridized carbons (Fsp3) is 0.300. The van der Waals surface area contributed by atoms with Crippen molar-refractivity contribution in [3.8, 4) is 11.5 Å². The molecule has 1 amide bonds. The third kappa shape index (κ3) is 4.67. The van der Waals surface area contributed by atoms with Crippen LogP contribution in [-0.2, 0) is 14.3 Å². The highest BCUT2D eigenvalue weighted by atomic mass is 32.1. The number of aromatic nitrogens is 3. The van der Waals surface area contributed by atoms with E-state index in [0.29, 0.717) is 47.3 Å². The Labute approximate surface area is 246 Å². The van der Waals surface area contributed by atoms with Crippen molar-refractivity contribution in [3.63, 3.8) is 0 Å². The van der Waals surface area contributed by atoms with E-state index in [4.69, 9.17) is 14.2 Å². The summed E-state index contributed by atoms with van der Waals surface area (Å²) in [6, 6.07) is 7.71. The molecule has 0 saturated carbocycles. The zero-order chi connectivity index (χ0) is 30.3. The molecule has 1 atom stereocenters. The zero-order valence-corrected chi connectivity index (χ0v) is 24.9. The number of fused-ring (bicyclic) bond motifs is 1. The molecule has 4 aromatic rings. The van der Waals surface area contributed by atoms with Gasteiger partial charge in [0.25, 0.3) is 5.78 Å². The molecule has 1 saturated heterocycles. The predicted molar refractivity (Wildman–Crippen MR) is 156 cm³/mol. The molecule has 1 unspecified atom stereocenters. The van der Waals surface area contributed by atoms with Crippen LogP contribution in [0.15, 0.2) is 42.1 Å². The number of carbonyl (C=O) groups is 3. The van der Waals surface area contributed by atoms with Crippen LogP contribution in [-0.4, -0.2) is 57.5 Å². The number of hydrogen-bond donors (Lipinski definition) is 1. The fourth-order valence-electron chi connectivity index (χ4n) is 5.02. The number of Topliss-reactive ketones (excluding diaryl/α,β-unsaturated/α-hetero) is 1. The van der Waals surface area contributed by atoms with Crippen molar-refractivity contribution < 1.29 is 33.7 Å². The number of benzene rings is 1. The van der Waals surface area contributed by atoms with Crippen LogP contribution in [0.2, 0.25) is 0 Å². The second-order valence-corrected chi connectivity index (χ2v) is 10.6. The number of anilines is 1. The van der Waals surface area contributed by atoms with E-state index in [1.165, 1.54) is 12.0 Å². The SMILES string of the molecule is CCOc1ccc(C2/C(=C(\O)c3nc4c(C)cccn4c3C)C(=O)C(=O)N2c2nc(C)c(C(=O)OC)s2)cc1OCC. The molecule has 1 aromatic carbocycles. The molecule has 1 fully saturated rings. The summed E-state index contributed by atoms with van der Waals surface area (Å²) in [7, 11) is 1.25. The Morgan fingerprint density at radius 2 is 1.76 bits per heavy atom. The average Bonchev–Trinajstić information content (AvgIpc) is 3.61. The van der Waals surface area contributed by atoms with Gasteiger partial charge in [-0.3, -0.25) is 14.5 Å². The molecule has 1 aliphatic rings. The van der Waals surface area contributed by atoms with Crippen molar-refractivity contribution in [2.45, 2.75) is 40.7 Å². The van der Waals surface area contributed by atoms with Crippen LogP contribution >= 0.6 is 11.3 Å². The minimum atomic E-state index is -1.11. The summed E-state index contributed by atoms with van der Waals surface area (Å²) < 4.78 is 18.2. The van der Waals surface area contributed by atoms with Gasteiger partial charge >= 0.3 is 11.9 Å². The van der Waals surface area contributed by atoms with Crippen molar-refractivity contribution in [1.82, 2.24) is 14.4 Å². The van der Waals surface area contributed by atoms with E-state index >= 15 is 0 Å². The van der Waals surface area contributed by atoms with Crippen LogP contribution in [0.5, 0.6) is 11.5 Å². The number of rotatable bonds is 8. The molecule has 11 nitrogen and oxygen atoms in total. The highest BCUT2D eigenvalue weighted by molar-refractivity contribution is 7.17. The Morgan fingerprint density at radius 3 is 2.43 bits per heavy atom. The van der Waals surface area contributed by atoms with E-state index in [1.54, 1.807) is 32.0 Å².